The number of likely N-dealkylation sites (N-methyl/N-ethyl adjacent to an activating group) is 1. The van der Waals surface area contributed by atoms with E-state index >= 15 is 0 Å². The molecular formula is C10H16N2. The lowest BCUT2D eigenvalue weighted by Gasteiger charge is -1.97. The van der Waals surface area contributed by atoms with E-state index in [1.165, 1.54) is 11.3 Å². The molecule has 0 atom stereocenters. The molecule has 0 saturated heterocycles. The van der Waals surface area contributed by atoms with Crippen molar-refractivity contribution in [2.24, 2.45) is 5.73 Å². The highest BCUT2D eigenvalue weighted by molar-refractivity contribution is 5.31. The first-order chi connectivity index (χ1) is 5.86. The smallest absolute Gasteiger partial charge is 0.0300 e. The molecule has 1 aliphatic carbocycles. The molecule has 0 bridgehead atoms. The molecule has 0 aliphatic heterocycles. The van der Waals surface area contributed by atoms with Crippen LogP contribution in [-0.2, 0) is 0 Å². The lowest BCUT2D eigenvalue weighted by Crippen LogP contribution is -2.02. The van der Waals surface area contributed by atoms with Crippen LogP contribution in [0.15, 0.2) is 35.6 Å². The Morgan fingerprint density at radius 3 is 2.92 bits per heavy atom. The van der Waals surface area contributed by atoms with Crippen molar-refractivity contribution < 1.29 is 0 Å². The summed E-state index contributed by atoms with van der Waals surface area (Å²) in [4.78, 5) is 0. The Kier molecular flexibility index (Phi) is 3.61. The van der Waals surface area contributed by atoms with E-state index in [0.29, 0.717) is 0 Å². The van der Waals surface area contributed by atoms with Crippen molar-refractivity contribution in [1.82, 2.24) is 5.32 Å². The molecule has 0 aromatic heterocycles. The number of allylic oxidation sites excluding steroid dienone is 4. The van der Waals surface area contributed by atoms with Gasteiger partial charge in [-0.15, -0.1) is 0 Å². The second-order valence-corrected chi connectivity index (χ2v) is 2.80. The van der Waals surface area contributed by atoms with Crippen LogP contribution in [0.4, 0.5) is 0 Å². The van der Waals surface area contributed by atoms with Crippen LogP contribution in [0.1, 0.15) is 12.8 Å². The van der Waals surface area contributed by atoms with Crippen LogP contribution < -0.4 is 11.1 Å². The monoisotopic (exact) mass is 164 g/mol. The van der Waals surface area contributed by atoms with Crippen molar-refractivity contribution in [3.63, 3.8) is 0 Å². The summed E-state index contributed by atoms with van der Waals surface area (Å²) in [6.07, 6.45) is 10.6. The molecule has 66 valence electrons. The third-order valence-electron chi connectivity index (χ3n) is 1.92. The van der Waals surface area contributed by atoms with Crippen molar-refractivity contribution in [3.05, 3.63) is 35.6 Å². The average Bonchev–Trinajstić information content (AvgIpc) is 2.31. The topological polar surface area (TPSA) is 38.0 Å². The molecule has 1 aliphatic rings. The Morgan fingerprint density at radius 2 is 2.25 bits per heavy atom. The van der Waals surface area contributed by atoms with Crippen molar-refractivity contribution in [2.75, 3.05) is 13.6 Å². The van der Waals surface area contributed by atoms with Gasteiger partial charge in [0.2, 0.25) is 0 Å². The first kappa shape index (κ1) is 9.07. The van der Waals surface area contributed by atoms with Crippen molar-refractivity contribution >= 4 is 0 Å². The highest BCUT2D eigenvalue weighted by atomic mass is 14.8. The van der Waals surface area contributed by atoms with Crippen LogP contribution >= 0.6 is 0 Å². The van der Waals surface area contributed by atoms with Gasteiger partial charge in [-0.2, -0.15) is 0 Å². The van der Waals surface area contributed by atoms with Gasteiger partial charge in [-0.25, -0.2) is 0 Å². The van der Waals surface area contributed by atoms with Gasteiger partial charge >= 0.3 is 0 Å². The first-order valence-electron chi connectivity index (χ1n) is 4.32. The summed E-state index contributed by atoms with van der Waals surface area (Å²) in [5.74, 6) is 0. The third-order valence-corrected chi connectivity index (χ3v) is 1.92. The Labute approximate surface area is 73.8 Å². The van der Waals surface area contributed by atoms with Gasteiger partial charge in [-0.1, -0.05) is 23.8 Å². The van der Waals surface area contributed by atoms with E-state index in [0.717, 1.165) is 19.4 Å². The van der Waals surface area contributed by atoms with E-state index < -0.39 is 0 Å². The first-order valence-corrected chi connectivity index (χ1v) is 4.32. The highest BCUT2D eigenvalue weighted by Gasteiger charge is 1.95. The van der Waals surface area contributed by atoms with Crippen molar-refractivity contribution in [2.45, 2.75) is 12.8 Å². The fourth-order valence-electron chi connectivity index (χ4n) is 1.21. The third kappa shape index (κ3) is 2.55. The summed E-state index contributed by atoms with van der Waals surface area (Å²) < 4.78 is 0. The lowest BCUT2D eigenvalue weighted by atomic mass is 10.1. The van der Waals surface area contributed by atoms with E-state index in [1.807, 2.05) is 7.05 Å². The molecule has 1 rings (SSSR count). The minimum atomic E-state index is 0.727. The van der Waals surface area contributed by atoms with E-state index in [-0.39, 0.29) is 0 Å². The molecule has 2 heteroatoms. The van der Waals surface area contributed by atoms with E-state index in [9.17, 15) is 0 Å². The molecule has 0 spiro atoms. The molecule has 0 radical (unpaired) electrons. The summed E-state index contributed by atoms with van der Waals surface area (Å²) in [5, 5.41) is 3.12. The molecule has 0 aromatic carbocycles. The van der Waals surface area contributed by atoms with Gasteiger partial charge in [0.25, 0.3) is 0 Å². The SMILES string of the molecule is CNC1=CCC=C(CCN)C=C1. The van der Waals surface area contributed by atoms with Gasteiger partial charge in [0.15, 0.2) is 0 Å². The summed E-state index contributed by atoms with van der Waals surface area (Å²) in [6.45, 7) is 0.727. The second kappa shape index (κ2) is 4.78. The van der Waals surface area contributed by atoms with Gasteiger partial charge in [0.1, 0.15) is 0 Å². The largest absolute Gasteiger partial charge is 0.388 e. The fourth-order valence-corrected chi connectivity index (χ4v) is 1.21. The minimum Gasteiger partial charge on any atom is -0.388 e. The number of rotatable bonds is 3. The zero-order valence-electron chi connectivity index (χ0n) is 7.51. The molecular weight excluding hydrogens is 148 g/mol. The quantitative estimate of drug-likeness (QED) is 0.660. The van der Waals surface area contributed by atoms with Crippen LogP contribution in [0.3, 0.4) is 0 Å². The molecule has 0 heterocycles. The molecule has 12 heavy (non-hydrogen) atoms. The van der Waals surface area contributed by atoms with E-state index in [4.69, 9.17) is 5.73 Å². The zero-order chi connectivity index (χ0) is 8.81. The zero-order valence-corrected chi connectivity index (χ0v) is 7.51. The lowest BCUT2D eigenvalue weighted by molar-refractivity contribution is 0.968. The van der Waals surface area contributed by atoms with Gasteiger partial charge in [-0.05, 0) is 25.5 Å². The maximum atomic E-state index is 5.47. The maximum absolute atomic E-state index is 5.47. The van der Waals surface area contributed by atoms with Crippen molar-refractivity contribution in [3.8, 4) is 0 Å². The second-order valence-electron chi connectivity index (χ2n) is 2.80. The molecule has 0 amide bonds. The Bertz CT molecular complexity index is 224. The molecule has 0 aromatic rings. The van der Waals surface area contributed by atoms with Gasteiger partial charge in [0, 0.05) is 12.7 Å². The highest BCUT2D eigenvalue weighted by Crippen LogP contribution is 2.10. The average molecular weight is 164 g/mol. The van der Waals surface area contributed by atoms with E-state index in [2.05, 4.69) is 29.6 Å². The van der Waals surface area contributed by atoms with Gasteiger partial charge < -0.3 is 11.1 Å². The van der Waals surface area contributed by atoms with Crippen LogP contribution in [-0.4, -0.2) is 13.6 Å². The Morgan fingerprint density at radius 1 is 1.42 bits per heavy atom. The standard InChI is InChI=1S/C10H16N2/c1-12-10-4-2-3-9(5-6-10)7-8-11/h3-6,12H,2,7-8,11H2,1H3. The van der Waals surface area contributed by atoms with Crippen molar-refractivity contribution in [1.29, 1.82) is 0 Å². The fraction of sp³-hybridized carbons (Fsp3) is 0.400. The predicted octanol–water partition coefficient (Wildman–Crippen LogP) is 1.32. The molecule has 3 N–H and O–H groups in total. The molecule has 0 saturated carbocycles. The number of hydrogen-bond acceptors (Lipinski definition) is 2. The molecule has 2 nitrogen and oxygen atoms in total. The number of hydrogen-bond donors (Lipinski definition) is 2. The summed E-state index contributed by atoms with van der Waals surface area (Å²) in [7, 11) is 1.93. The predicted molar refractivity (Wildman–Crippen MR) is 52.7 cm³/mol. The minimum absolute atomic E-state index is 0.727. The molecule has 0 fully saturated rings. The maximum Gasteiger partial charge on any atom is 0.0300 e. The van der Waals surface area contributed by atoms with E-state index in [1.54, 1.807) is 0 Å². The van der Waals surface area contributed by atoms with Gasteiger partial charge in [0.05, 0.1) is 0 Å². The van der Waals surface area contributed by atoms with Crippen LogP contribution in [0.25, 0.3) is 0 Å². The number of nitrogens with one attached hydrogen (secondary N) is 1. The normalized spacial score (nSPS) is 16.5. The van der Waals surface area contributed by atoms with Crippen LogP contribution in [0, 0.1) is 0 Å². The summed E-state index contributed by atoms with van der Waals surface area (Å²) in [5.41, 5.74) is 7.98. The summed E-state index contributed by atoms with van der Waals surface area (Å²) in [6, 6.07) is 0. The molecule has 0 unspecified atom stereocenters. The van der Waals surface area contributed by atoms with Crippen LogP contribution in [0.5, 0.6) is 0 Å². The Balaban J connectivity index is 2.58. The van der Waals surface area contributed by atoms with Crippen LogP contribution in [0.2, 0.25) is 0 Å². The number of nitrogens with two attached hydrogens (primary N) is 1. The summed E-state index contributed by atoms with van der Waals surface area (Å²) >= 11 is 0. The van der Waals surface area contributed by atoms with Gasteiger partial charge in [-0.3, -0.25) is 0 Å². The Hall–Kier alpha value is -1.02.